The van der Waals surface area contributed by atoms with Crippen LogP contribution >= 0.6 is 0 Å². The van der Waals surface area contributed by atoms with Gasteiger partial charge in [0.25, 0.3) is 0 Å². The molecule has 0 saturated carbocycles. The number of fused-ring (bicyclic) bond motifs is 1. The lowest BCUT2D eigenvalue weighted by atomic mass is 10.4. The summed E-state index contributed by atoms with van der Waals surface area (Å²) in [7, 11) is 1.53. The van der Waals surface area contributed by atoms with Crippen molar-refractivity contribution in [2.75, 3.05) is 12.8 Å². The number of rotatable bonds is 4. The van der Waals surface area contributed by atoms with E-state index in [1.165, 1.54) is 7.11 Å². The zero-order chi connectivity index (χ0) is 14.0. The molecule has 0 bridgehead atoms. The molecule has 0 aliphatic heterocycles. The second-order valence-corrected chi connectivity index (χ2v) is 4.47. The van der Waals surface area contributed by atoms with Gasteiger partial charge in [0.1, 0.15) is 12.1 Å². The van der Waals surface area contributed by atoms with Crippen LogP contribution in [0, 0.1) is 0 Å². The zero-order valence-electron chi connectivity index (χ0n) is 11.2. The molecule has 0 spiro atoms. The SMILES string of the molecule is COc1ccc2nc(N)n(CC(=O)NC(C)C)c2n1. The molecule has 2 aromatic rings. The Kier molecular flexibility index (Phi) is 3.55. The van der Waals surface area contributed by atoms with Gasteiger partial charge in [-0.05, 0) is 19.9 Å². The summed E-state index contributed by atoms with van der Waals surface area (Å²) in [6.45, 7) is 3.88. The van der Waals surface area contributed by atoms with Gasteiger partial charge < -0.3 is 15.8 Å². The first-order chi connectivity index (χ1) is 9.01. The molecule has 7 heteroatoms. The minimum Gasteiger partial charge on any atom is -0.481 e. The van der Waals surface area contributed by atoms with Crippen molar-refractivity contribution in [3.05, 3.63) is 12.1 Å². The second kappa shape index (κ2) is 5.13. The first-order valence-corrected chi connectivity index (χ1v) is 5.97. The van der Waals surface area contributed by atoms with Gasteiger partial charge >= 0.3 is 0 Å². The molecule has 0 aliphatic rings. The van der Waals surface area contributed by atoms with Crippen LogP contribution in [0.3, 0.4) is 0 Å². The molecule has 7 nitrogen and oxygen atoms in total. The second-order valence-electron chi connectivity index (χ2n) is 4.47. The number of nitrogens with zero attached hydrogens (tertiary/aromatic N) is 3. The third-order valence-corrected chi connectivity index (χ3v) is 2.56. The standard InChI is InChI=1S/C12H17N5O2/c1-7(2)14-9(18)6-17-11-8(15-12(17)13)4-5-10(16-11)19-3/h4-5,7H,6H2,1-3H3,(H2,13,15)(H,14,18). The quantitative estimate of drug-likeness (QED) is 0.839. The fourth-order valence-corrected chi connectivity index (χ4v) is 1.78. The van der Waals surface area contributed by atoms with Crippen molar-refractivity contribution >= 4 is 23.0 Å². The average Bonchev–Trinajstić information content (AvgIpc) is 2.64. The molecule has 0 fully saturated rings. The van der Waals surface area contributed by atoms with Crippen LogP contribution in [0.1, 0.15) is 13.8 Å². The Bertz CT molecular complexity index is 605. The number of nitrogens with one attached hydrogen (secondary N) is 1. The van der Waals surface area contributed by atoms with E-state index in [4.69, 9.17) is 10.5 Å². The first-order valence-electron chi connectivity index (χ1n) is 5.97. The number of anilines is 1. The topological polar surface area (TPSA) is 95.1 Å². The molecule has 2 heterocycles. The van der Waals surface area contributed by atoms with Crippen LogP contribution in [-0.2, 0) is 11.3 Å². The van der Waals surface area contributed by atoms with Crippen LogP contribution in [0.2, 0.25) is 0 Å². The van der Waals surface area contributed by atoms with Crippen molar-refractivity contribution in [2.45, 2.75) is 26.4 Å². The van der Waals surface area contributed by atoms with Crippen LogP contribution in [-0.4, -0.2) is 33.6 Å². The predicted molar refractivity (Wildman–Crippen MR) is 71.8 cm³/mol. The van der Waals surface area contributed by atoms with Gasteiger partial charge in [-0.2, -0.15) is 4.98 Å². The molecular formula is C12H17N5O2. The van der Waals surface area contributed by atoms with Crippen LogP contribution in [0.5, 0.6) is 5.88 Å². The number of pyridine rings is 1. The number of hydrogen-bond acceptors (Lipinski definition) is 5. The summed E-state index contributed by atoms with van der Waals surface area (Å²) in [6, 6.07) is 3.54. The van der Waals surface area contributed by atoms with E-state index in [1.54, 1.807) is 16.7 Å². The number of amides is 1. The number of carbonyl (C=O) groups excluding carboxylic acids is 1. The minimum atomic E-state index is -0.134. The van der Waals surface area contributed by atoms with Crippen molar-refractivity contribution in [2.24, 2.45) is 0 Å². The Morgan fingerprint density at radius 3 is 2.84 bits per heavy atom. The van der Waals surface area contributed by atoms with Gasteiger partial charge in [-0.15, -0.1) is 0 Å². The van der Waals surface area contributed by atoms with Crippen molar-refractivity contribution in [3.63, 3.8) is 0 Å². The number of methoxy groups -OCH3 is 1. The normalized spacial score (nSPS) is 10.9. The largest absolute Gasteiger partial charge is 0.481 e. The van der Waals surface area contributed by atoms with E-state index in [0.29, 0.717) is 17.0 Å². The van der Waals surface area contributed by atoms with Gasteiger partial charge in [0.05, 0.1) is 7.11 Å². The Morgan fingerprint density at radius 2 is 2.21 bits per heavy atom. The summed E-state index contributed by atoms with van der Waals surface area (Å²) < 4.78 is 6.63. The fraction of sp³-hybridized carbons (Fsp3) is 0.417. The number of aromatic nitrogens is 3. The maximum Gasteiger partial charge on any atom is 0.240 e. The summed E-state index contributed by atoms with van der Waals surface area (Å²) in [6.07, 6.45) is 0. The van der Waals surface area contributed by atoms with E-state index in [-0.39, 0.29) is 24.4 Å². The van der Waals surface area contributed by atoms with Gasteiger partial charge in [0.15, 0.2) is 5.65 Å². The van der Waals surface area contributed by atoms with Crippen molar-refractivity contribution in [1.82, 2.24) is 19.9 Å². The Hall–Kier alpha value is -2.31. The summed E-state index contributed by atoms with van der Waals surface area (Å²) in [5, 5.41) is 2.80. The van der Waals surface area contributed by atoms with Gasteiger partial charge in [-0.3, -0.25) is 9.36 Å². The molecule has 0 saturated heterocycles. The van der Waals surface area contributed by atoms with Gasteiger partial charge in [-0.1, -0.05) is 0 Å². The maximum atomic E-state index is 11.8. The Labute approximate surface area is 110 Å². The van der Waals surface area contributed by atoms with Crippen molar-refractivity contribution < 1.29 is 9.53 Å². The number of nitrogen functional groups attached to an aromatic ring is 1. The highest BCUT2D eigenvalue weighted by atomic mass is 16.5. The third-order valence-electron chi connectivity index (χ3n) is 2.56. The number of carbonyl (C=O) groups is 1. The van der Waals surface area contributed by atoms with Crippen LogP contribution in [0.15, 0.2) is 12.1 Å². The number of hydrogen-bond donors (Lipinski definition) is 2. The van der Waals surface area contributed by atoms with E-state index < -0.39 is 0 Å². The average molecular weight is 263 g/mol. The lowest BCUT2D eigenvalue weighted by molar-refractivity contribution is -0.122. The van der Waals surface area contributed by atoms with Gasteiger partial charge in [0, 0.05) is 12.1 Å². The zero-order valence-corrected chi connectivity index (χ0v) is 11.2. The summed E-state index contributed by atoms with van der Waals surface area (Å²) >= 11 is 0. The molecule has 0 aromatic carbocycles. The Balaban J connectivity index is 2.36. The highest BCUT2D eigenvalue weighted by Crippen LogP contribution is 2.18. The molecular weight excluding hydrogens is 246 g/mol. The molecule has 102 valence electrons. The summed E-state index contributed by atoms with van der Waals surface area (Å²) in [5.74, 6) is 0.582. The van der Waals surface area contributed by atoms with E-state index in [1.807, 2.05) is 13.8 Å². The van der Waals surface area contributed by atoms with Crippen LogP contribution in [0.4, 0.5) is 5.95 Å². The molecule has 0 radical (unpaired) electrons. The highest BCUT2D eigenvalue weighted by Gasteiger charge is 2.14. The lowest BCUT2D eigenvalue weighted by Gasteiger charge is -2.10. The van der Waals surface area contributed by atoms with E-state index in [2.05, 4.69) is 15.3 Å². The van der Waals surface area contributed by atoms with E-state index in [0.717, 1.165) is 0 Å². The Morgan fingerprint density at radius 1 is 1.47 bits per heavy atom. The van der Waals surface area contributed by atoms with Gasteiger partial charge in [0.2, 0.25) is 17.7 Å². The smallest absolute Gasteiger partial charge is 0.240 e. The van der Waals surface area contributed by atoms with Crippen LogP contribution < -0.4 is 15.8 Å². The lowest BCUT2D eigenvalue weighted by Crippen LogP contribution is -2.33. The minimum absolute atomic E-state index is 0.0750. The molecule has 0 unspecified atom stereocenters. The van der Waals surface area contributed by atoms with E-state index in [9.17, 15) is 4.79 Å². The van der Waals surface area contributed by atoms with Crippen LogP contribution in [0.25, 0.3) is 11.2 Å². The molecule has 19 heavy (non-hydrogen) atoms. The highest BCUT2D eigenvalue weighted by molar-refractivity contribution is 5.81. The van der Waals surface area contributed by atoms with Gasteiger partial charge in [-0.25, -0.2) is 4.98 Å². The summed E-state index contributed by atoms with van der Waals surface area (Å²) in [5.41, 5.74) is 6.99. The molecule has 3 N–H and O–H groups in total. The number of nitrogens with two attached hydrogens (primary N) is 1. The molecule has 0 aliphatic carbocycles. The first kappa shape index (κ1) is 13.1. The molecule has 0 atom stereocenters. The van der Waals surface area contributed by atoms with Crippen molar-refractivity contribution in [3.8, 4) is 5.88 Å². The third kappa shape index (κ3) is 2.75. The molecule has 2 rings (SSSR count). The predicted octanol–water partition coefficient (Wildman–Crippen LogP) is 0.547. The maximum absolute atomic E-state index is 11.8. The monoisotopic (exact) mass is 263 g/mol. The number of imidazole rings is 1. The number of ether oxygens (including phenoxy) is 1. The fourth-order valence-electron chi connectivity index (χ4n) is 1.78. The molecule has 1 amide bonds. The molecule has 2 aromatic heterocycles. The van der Waals surface area contributed by atoms with E-state index >= 15 is 0 Å². The summed E-state index contributed by atoms with van der Waals surface area (Å²) in [4.78, 5) is 20.2. The van der Waals surface area contributed by atoms with Crippen molar-refractivity contribution in [1.29, 1.82) is 0 Å².